The maximum atomic E-state index is 12.1. The molecule has 0 amide bonds. The molecule has 0 aromatic rings. The molecule has 4 aliphatic carbocycles. The summed E-state index contributed by atoms with van der Waals surface area (Å²) in [5.41, 5.74) is 3.56. The van der Waals surface area contributed by atoms with Crippen LogP contribution in [0.3, 0.4) is 0 Å². The lowest BCUT2D eigenvalue weighted by Gasteiger charge is -2.58. The molecule has 0 spiro atoms. The third-order valence-electron chi connectivity index (χ3n) is 11.8. The van der Waals surface area contributed by atoms with Gasteiger partial charge < -0.3 is 29.9 Å². The number of aliphatic hydroxyl groups is 4. The van der Waals surface area contributed by atoms with Crippen LogP contribution in [-0.4, -0.2) is 63.3 Å². The smallest absolute Gasteiger partial charge is 0.186 e. The fourth-order valence-electron chi connectivity index (χ4n) is 8.55. The summed E-state index contributed by atoms with van der Waals surface area (Å²) in [5.74, 6) is 2.40. The van der Waals surface area contributed by atoms with Gasteiger partial charge in [-0.05, 0) is 85.2 Å². The summed E-state index contributed by atoms with van der Waals surface area (Å²) in [5, 5.41) is 42.3. The van der Waals surface area contributed by atoms with Gasteiger partial charge in [0.05, 0.1) is 18.3 Å². The van der Waals surface area contributed by atoms with E-state index in [-0.39, 0.29) is 23.5 Å². The van der Waals surface area contributed by atoms with Crippen molar-refractivity contribution < 1.29 is 29.9 Å². The van der Waals surface area contributed by atoms with E-state index in [1.54, 1.807) is 5.57 Å². The number of ether oxygens (including phenoxy) is 2. The zero-order valence-corrected chi connectivity index (χ0v) is 24.9. The van der Waals surface area contributed by atoms with E-state index in [9.17, 15) is 20.4 Å². The highest BCUT2D eigenvalue weighted by atomic mass is 16.7. The van der Waals surface area contributed by atoms with E-state index in [1.807, 2.05) is 0 Å². The molecule has 1 saturated heterocycles. The first kappa shape index (κ1) is 29.5. The van der Waals surface area contributed by atoms with E-state index in [1.165, 1.54) is 11.1 Å². The van der Waals surface area contributed by atoms with Crippen molar-refractivity contribution in [2.45, 2.75) is 129 Å². The molecule has 1 heterocycles. The summed E-state index contributed by atoms with van der Waals surface area (Å²) < 4.78 is 11.6. The van der Waals surface area contributed by atoms with Gasteiger partial charge in [0.15, 0.2) is 6.29 Å². The normalized spacial score (nSPS) is 46.1. The minimum Gasteiger partial charge on any atom is -0.389 e. The second-order valence-corrected chi connectivity index (χ2v) is 14.3. The number of allylic oxidation sites excluding steroid dienone is 5. The lowest BCUT2D eigenvalue weighted by atomic mass is 9.50. The quantitative estimate of drug-likeness (QED) is 0.349. The molecule has 0 bridgehead atoms. The van der Waals surface area contributed by atoms with Gasteiger partial charge in [0, 0.05) is 11.8 Å². The third-order valence-corrected chi connectivity index (χ3v) is 11.8. The molecule has 39 heavy (non-hydrogen) atoms. The van der Waals surface area contributed by atoms with Gasteiger partial charge >= 0.3 is 0 Å². The SMILES string of the molecule is CC(C)[C@H](C)/C=C/[C@@H](C)[C@H]1CC=C2C3=C(CC[C@@]21C)[C@@]1(C)CC[C@H](O[C@H]2OC[C@@H](O)[C@H](O)[C@H]2O)C[C@]1(O)CC3. The predicted octanol–water partition coefficient (Wildman–Crippen LogP) is 5.05. The van der Waals surface area contributed by atoms with Crippen LogP contribution in [0.2, 0.25) is 0 Å². The second-order valence-electron chi connectivity index (χ2n) is 14.3. The Balaban J connectivity index is 1.31. The van der Waals surface area contributed by atoms with Crippen LogP contribution in [0.25, 0.3) is 0 Å². The van der Waals surface area contributed by atoms with Crippen molar-refractivity contribution in [1.29, 1.82) is 0 Å². The van der Waals surface area contributed by atoms with Crippen LogP contribution in [0, 0.1) is 34.5 Å². The first-order valence-electron chi connectivity index (χ1n) is 15.5. The Morgan fingerprint density at radius 1 is 1.00 bits per heavy atom. The molecule has 11 atom stereocenters. The van der Waals surface area contributed by atoms with Gasteiger partial charge in [-0.25, -0.2) is 0 Å². The van der Waals surface area contributed by atoms with Crippen LogP contribution in [0.1, 0.15) is 92.9 Å². The van der Waals surface area contributed by atoms with Gasteiger partial charge in [-0.2, -0.15) is 0 Å². The van der Waals surface area contributed by atoms with Crippen molar-refractivity contribution in [3.63, 3.8) is 0 Å². The molecule has 1 aliphatic heterocycles. The molecule has 0 unspecified atom stereocenters. The van der Waals surface area contributed by atoms with Gasteiger partial charge in [-0.3, -0.25) is 0 Å². The van der Waals surface area contributed by atoms with Crippen LogP contribution in [0.5, 0.6) is 0 Å². The van der Waals surface area contributed by atoms with E-state index in [4.69, 9.17) is 9.47 Å². The Bertz CT molecular complexity index is 1020. The van der Waals surface area contributed by atoms with Crippen molar-refractivity contribution >= 4 is 0 Å². The number of aliphatic hydroxyl groups excluding tert-OH is 3. The molecule has 1 saturated carbocycles. The van der Waals surface area contributed by atoms with Gasteiger partial charge in [-0.1, -0.05) is 65.3 Å². The van der Waals surface area contributed by atoms with Crippen molar-refractivity contribution in [3.8, 4) is 0 Å². The van der Waals surface area contributed by atoms with E-state index < -0.39 is 30.2 Å². The predicted molar refractivity (Wildman–Crippen MR) is 152 cm³/mol. The van der Waals surface area contributed by atoms with Gasteiger partial charge in [0.2, 0.25) is 0 Å². The largest absolute Gasteiger partial charge is 0.389 e. The minimum absolute atomic E-state index is 0.0755. The summed E-state index contributed by atoms with van der Waals surface area (Å²) in [7, 11) is 0. The van der Waals surface area contributed by atoms with Crippen molar-refractivity contribution in [2.75, 3.05) is 6.61 Å². The number of fused-ring (bicyclic) bond motifs is 4. The van der Waals surface area contributed by atoms with Gasteiger partial charge in [-0.15, -0.1) is 0 Å². The van der Waals surface area contributed by atoms with Crippen LogP contribution in [-0.2, 0) is 9.47 Å². The Morgan fingerprint density at radius 2 is 1.74 bits per heavy atom. The van der Waals surface area contributed by atoms with Crippen molar-refractivity contribution in [1.82, 2.24) is 0 Å². The van der Waals surface area contributed by atoms with Crippen LogP contribution in [0.4, 0.5) is 0 Å². The Kier molecular flexibility index (Phi) is 8.06. The highest BCUT2D eigenvalue weighted by molar-refractivity contribution is 5.50. The highest BCUT2D eigenvalue weighted by Crippen LogP contribution is 2.65. The summed E-state index contributed by atoms with van der Waals surface area (Å²) in [6.07, 6.45) is 9.41. The van der Waals surface area contributed by atoms with Crippen LogP contribution in [0.15, 0.2) is 34.9 Å². The minimum atomic E-state index is -1.30. The second kappa shape index (κ2) is 10.7. The summed E-state index contributed by atoms with van der Waals surface area (Å²) >= 11 is 0. The third kappa shape index (κ3) is 4.91. The summed E-state index contributed by atoms with van der Waals surface area (Å²) in [4.78, 5) is 0. The van der Waals surface area contributed by atoms with Crippen LogP contribution >= 0.6 is 0 Å². The Hall–Kier alpha value is -1.02. The molecule has 6 nitrogen and oxygen atoms in total. The summed E-state index contributed by atoms with van der Waals surface area (Å²) in [6.45, 7) is 14.0. The number of hydrogen-bond donors (Lipinski definition) is 4. The average molecular weight is 545 g/mol. The van der Waals surface area contributed by atoms with Crippen molar-refractivity contribution in [2.24, 2.45) is 34.5 Å². The lowest BCUT2D eigenvalue weighted by molar-refractivity contribution is -0.293. The van der Waals surface area contributed by atoms with E-state index in [0.717, 1.165) is 38.5 Å². The monoisotopic (exact) mass is 544 g/mol. The first-order chi connectivity index (χ1) is 18.3. The molecule has 4 N–H and O–H groups in total. The fraction of sp³-hybridized carbons (Fsp3) is 0.818. The fourth-order valence-corrected chi connectivity index (χ4v) is 8.55. The molecule has 220 valence electrons. The lowest BCUT2D eigenvalue weighted by Crippen LogP contribution is -2.59. The molecule has 0 aromatic carbocycles. The molecule has 5 aliphatic rings. The summed E-state index contributed by atoms with van der Waals surface area (Å²) in [6, 6.07) is 0. The number of hydrogen-bond acceptors (Lipinski definition) is 6. The highest BCUT2D eigenvalue weighted by Gasteiger charge is 2.59. The van der Waals surface area contributed by atoms with Crippen LogP contribution < -0.4 is 0 Å². The molecular weight excluding hydrogens is 492 g/mol. The zero-order chi connectivity index (χ0) is 28.3. The van der Waals surface area contributed by atoms with Gasteiger partial charge in [0.1, 0.15) is 18.3 Å². The topological polar surface area (TPSA) is 99.4 Å². The molecule has 6 heteroatoms. The molecule has 0 aromatic heterocycles. The standard InChI is InChI=1S/C33H52O6/c1-19(2)20(3)7-8-21(4)24-9-10-25-23-12-16-33(37)17-22(39-30-29(36)28(35)27(34)18-38-30)11-15-32(33,6)26(23)13-14-31(24,25)5/h7-8,10,19-22,24,27-30,34-37H,9,11-18H2,1-6H3/b8-7+/t20-,21-,22+,24-,27-,28+,29-,30-,31-,32-,33-/m1/s1. The molecule has 0 radical (unpaired) electrons. The van der Waals surface area contributed by atoms with E-state index in [2.05, 4.69) is 59.8 Å². The average Bonchev–Trinajstić information content (AvgIpc) is 3.25. The van der Waals surface area contributed by atoms with Crippen molar-refractivity contribution in [3.05, 3.63) is 34.9 Å². The zero-order valence-electron chi connectivity index (χ0n) is 24.9. The van der Waals surface area contributed by atoms with Gasteiger partial charge in [0.25, 0.3) is 0 Å². The maximum absolute atomic E-state index is 12.1. The molecular formula is C33H52O6. The van der Waals surface area contributed by atoms with E-state index in [0.29, 0.717) is 36.5 Å². The van der Waals surface area contributed by atoms with E-state index >= 15 is 0 Å². The molecule has 2 fully saturated rings. The Morgan fingerprint density at radius 3 is 2.46 bits per heavy atom. The Labute approximate surface area is 235 Å². The number of rotatable bonds is 6. The first-order valence-corrected chi connectivity index (χ1v) is 15.5. The maximum Gasteiger partial charge on any atom is 0.186 e. The molecule has 5 rings (SSSR count).